The third-order valence-corrected chi connectivity index (χ3v) is 11.2. The molecule has 0 aliphatic carbocycles. The van der Waals surface area contributed by atoms with Gasteiger partial charge in [-0.05, 0) is 34.9 Å². The Balaban J connectivity index is 0.967. The number of para-hydroxylation sites is 1. The number of rotatable bonds is 8. The fourth-order valence-electron chi connectivity index (χ4n) is 8.19. The van der Waals surface area contributed by atoms with Crippen LogP contribution in [-0.2, 0) is 31.9 Å². The number of nitrogens with zero attached hydrogens (tertiary/aromatic N) is 6. The average Bonchev–Trinajstić information content (AvgIpc) is 4.04. The molecule has 1 saturated heterocycles. The number of nitrogens with one attached hydrogen (secondary N) is 4. The molecule has 4 unspecified atom stereocenters. The fraction of sp³-hybridized carbons (Fsp3) is 0.381. The lowest BCUT2D eigenvalue weighted by Gasteiger charge is -2.34. The number of ether oxygens (including phenoxy) is 2. The second kappa shape index (κ2) is 15.5. The van der Waals surface area contributed by atoms with Crippen molar-refractivity contribution in [3.05, 3.63) is 90.0 Å². The number of benzene rings is 2. The molecule has 0 bridgehead atoms. The van der Waals surface area contributed by atoms with Crippen LogP contribution in [0.2, 0.25) is 0 Å². The predicted molar refractivity (Wildman–Crippen MR) is 213 cm³/mol. The summed E-state index contributed by atoms with van der Waals surface area (Å²) in [5, 5.41) is 5.20. The van der Waals surface area contributed by atoms with E-state index in [0.717, 1.165) is 32.8 Å². The van der Waals surface area contributed by atoms with E-state index >= 15 is 0 Å². The Morgan fingerprint density at radius 1 is 0.833 bits per heavy atom. The number of aromatic nitrogens is 6. The number of imidazole rings is 2. The van der Waals surface area contributed by atoms with Crippen molar-refractivity contribution in [3.8, 4) is 33.9 Å². The maximum atomic E-state index is 14.9. The second-order valence-electron chi connectivity index (χ2n) is 16.3. The Kier molecular flexibility index (Phi) is 10.3. The summed E-state index contributed by atoms with van der Waals surface area (Å²) in [5.74, 6) is -2.79. The van der Waals surface area contributed by atoms with Crippen LogP contribution < -0.4 is 15.5 Å². The molecule has 312 valence electrons. The lowest BCUT2D eigenvalue weighted by molar-refractivity contribution is -0.138. The van der Waals surface area contributed by atoms with Gasteiger partial charge in [0.2, 0.25) is 11.8 Å². The third-order valence-electron chi connectivity index (χ3n) is 11.2. The minimum Gasteiger partial charge on any atom is -0.453 e. The van der Waals surface area contributed by atoms with Crippen LogP contribution in [0.15, 0.2) is 67.3 Å². The Labute approximate surface area is 343 Å². The van der Waals surface area contributed by atoms with Crippen LogP contribution in [0, 0.1) is 5.41 Å². The second-order valence-corrected chi connectivity index (χ2v) is 16.3. The lowest BCUT2D eigenvalue weighted by Crippen LogP contribution is -2.55. The first kappa shape index (κ1) is 40.1. The molecule has 0 radical (unpaired) electrons. The SMILES string of the molecule is COC(=O)NC1CCc2cccc3c2N(C1=O)C(c1ncc(-c2cnc(-c4ccc(-c5cnc(C6CC(F)(F)CN6C(=O)C(NC(=O)OC)C(C)(C)C)[nH]5)cc4)nc2)[nH]1)C3. The maximum absolute atomic E-state index is 14.9. The van der Waals surface area contributed by atoms with Crippen LogP contribution in [0.25, 0.3) is 33.9 Å². The number of carbonyl (C=O) groups excluding carboxylic acids is 4. The first-order valence-corrected chi connectivity index (χ1v) is 19.5. The van der Waals surface area contributed by atoms with Gasteiger partial charge in [0.1, 0.15) is 23.7 Å². The van der Waals surface area contributed by atoms with Gasteiger partial charge in [-0.25, -0.2) is 38.3 Å². The van der Waals surface area contributed by atoms with Crippen molar-refractivity contribution in [1.29, 1.82) is 0 Å². The minimum atomic E-state index is -3.16. The largest absolute Gasteiger partial charge is 0.453 e. The van der Waals surface area contributed by atoms with Gasteiger partial charge in [0.15, 0.2) is 5.82 Å². The molecule has 4 N–H and O–H groups in total. The van der Waals surface area contributed by atoms with Crippen molar-refractivity contribution >= 4 is 29.7 Å². The van der Waals surface area contributed by atoms with Gasteiger partial charge in [0.25, 0.3) is 5.92 Å². The highest BCUT2D eigenvalue weighted by Crippen LogP contribution is 2.45. The number of anilines is 1. The van der Waals surface area contributed by atoms with Gasteiger partial charge in [-0.1, -0.05) is 63.2 Å². The molecule has 4 amide bonds. The quantitative estimate of drug-likeness (QED) is 0.146. The first-order valence-electron chi connectivity index (χ1n) is 19.5. The van der Waals surface area contributed by atoms with Crippen molar-refractivity contribution in [2.24, 2.45) is 5.41 Å². The summed E-state index contributed by atoms with van der Waals surface area (Å²) in [6, 6.07) is 9.99. The number of carbonyl (C=O) groups is 4. The molecule has 0 saturated carbocycles. The van der Waals surface area contributed by atoms with E-state index in [1.54, 1.807) is 44.3 Å². The highest BCUT2D eigenvalue weighted by Gasteiger charge is 2.51. The summed E-state index contributed by atoms with van der Waals surface area (Å²) in [4.78, 5) is 79.3. The van der Waals surface area contributed by atoms with Crippen molar-refractivity contribution in [2.75, 3.05) is 25.7 Å². The Bertz CT molecular complexity index is 2450. The monoisotopic (exact) mass is 822 g/mol. The number of alkyl halides is 2. The first-order chi connectivity index (χ1) is 28.6. The molecule has 16 nitrogen and oxygen atoms in total. The van der Waals surface area contributed by atoms with Crippen LogP contribution in [0.5, 0.6) is 0 Å². The van der Waals surface area contributed by atoms with E-state index in [0.29, 0.717) is 47.9 Å². The molecule has 5 aromatic rings. The highest BCUT2D eigenvalue weighted by atomic mass is 19.3. The molecule has 3 aliphatic rings. The van der Waals surface area contributed by atoms with Crippen LogP contribution in [0.4, 0.5) is 24.1 Å². The predicted octanol–water partition coefficient (Wildman–Crippen LogP) is 5.90. The number of alkyl carbamates (subject to hydrolysis) is 2. The smallest absolute Gasteiger partial charge is 0.407 e. The van der Waals surface area contributed by atoms with E-state index in [1.807, 2.05) is 42.5 Å². The number of methoxy groups -OCH3 is 2. The molecular formula is C42H44F2N10O6. The van der Waals surface area contributed by atoms with Crippen LogP contribution in [-0.4, -0.2) is 97.6 Å². The molecular weight excluding hydrogens is 779 g/mol. The normalized spacial score (nSPS) is 20.0. The number of likely N-dealkylation sites (tertiary alicyclic amines) is 1. The third kappa shape index (κ3) is 7.64. The van der Waals surface area contributed by atoms with E-state index in [2.05, 4.69) is 45.3 Å². The molecule has 2 aromatic carbocycles. The minimum absolute atomic E-state index is 0.200. The van der Waals surface area contributed by atoms with Crippen molar-refractivity contribution in [1.82, 2.24) is 45.4 Å². The van der Waals surface area contributed by atoms with Crippen LogP contribution >= 0.6 is 0 Å². The topological polar surface area (TPSA) is 200 Å². The summed E-state index contributed by atoms with van der Waals surface area (Å²) >= 11 is 0. The zero-order valence-electron chi connectivity index (χ0n) is 33.6. The molecule has 3 aliphatic heterocycles. The van der Waals surface area contributed by atoms with Crippen molar-refractivity contribution in [2.45, 2.75) is 76.5 Å². The molecule has 8 rings (SSSR count). The highest BCUT2D eigenvalue weighted by molar-refractivity contribution is 6.02. The number of H-pyrrole nitrogens is 2. The number of hydrogen-bond acceptors (Lipinski definition) is 10. The number of amides is 4. The lowest BCUT2D eigenvalue weighted by atomic mass is 9.85. The van der Waals surface area contributed by atoms with Gasteiger partial charge in [-0.15, -0.1) is 0 Å². The van der Waals surface area contributed by atoms with Crippen LogP contribution in [0.3, 0.4) is 0 Å². The Morgan fingerprint density at radius 2 is 1.45 bits per heavy atom. The number of hydrogen-bond donors (Lipinski definition) is 4. The molecule has 3 aromatic heterocycles. The van der Waals surface area contributed by atoms with E-state index in [4.69, 9.17) is 4.74 Å². The summed E-state index contributed by atoms with van der Waals surface area (Å²) in [5.41, 5.74) is 5.50. The van der Waals surface area contributed by atoms with Gasteiger partial charge in [0, 0.05) is 36.4 Å². The summed E-state index contributed by atoms with van der Waals surface area (Å²) in [7, 11) is 2.43. The molecule has 60 heavy (non-hydrogen) atoms. The van der Waals surface area contributed by atoms with Gasteiger partial charge in [-0.2, -0.15) is 0 Å². The molecule has 4 atom stereocenters. The van der Waals surface area contributed by atoms with E-state index < -0.39 is 66.6 Å². The van der Waals surface area contributed by atoms with Crippen LogP contribution in [0.1, 0.15) is 68.5 Å². The number of aryl methyl sites for hydroxylation is 1. The van der Waals surface area contributed by atoms with E-state index in [9.17, 15) is 28.0 Å². The van der Waals surface area contributed by atoms with Crippen molar-refractivity contribution in [3.63, 3.8) is 0 Å². The van der Waals surface area contributed by atoms with Gasteiger partial charge in [-0.3, -0.25) is 14.5 Å². The number of halogens is 2. The summed E-state index contributed by atoms with van der Waals surface area (Å²) < 4.78 is 39.2. The fourth-order valence-corrected chi connectivity index (χ4v) is 8.19. The maximum Gasteiger partial charge on any atom is 0.407 e. The average molecular weight is 823 g/mol. The molecule has 1 fully saturated rings. The zero-order valence-corrected chi connectivity index (χ0v) is 33.6. The number of aromatic amines is 2. The standard InChI is InChI=1S/C42H44F2N10O6/c1-41(2,3)33(52-40(58)60-5)38(56)53-21-42(43,44)16-31(53)36-48-19-28(49-36)22-9-11-24(12-10-22)34-45-17-26(18-46-34)29-20-47-35(50-29)30-15-25-8-6-7-23-13-14-27(51-39(57)59-4)37(55)54(30)32(23)25/h6-12,17-20,27,30-31,33H,13-16,21H2,1-5H3,(H,47,50)(H,48,49)(H,51,57)(H,52,58). The summed E-state index contributed by atoms with van der Waals surface area (Å²) in [6.45, 7) is 4.37. The zero-order chi connectivity index (χ0) is 42.5. The molecule has 0 spiro atoms. The van der Waals surface area contributed by atoms with Gasteiger partial charge in [0.05, 0.1) is 62.3 Å². The van der Waals surface area contributed by atoms with Gasteiger partial charge >= 0.3 is 12.2 Å². The Hall–Kier alpha value is -6.72. The van der Waals surface area contributed by atoms with Crippen molar-refractivity contribution < 1.29 is 37.4 Å². The Morgan fingerprint density at radius 3 is 2.10 bits per heavy atom. The van der Waals surface area contributed by atoms with E-state index in [1.165, 1.54) is 20.4 Å². The molecule has 18 heteroatoms. The van der Waals surface area contributed by atoms with Gasteiger partial charge < -0.3 is 35.0 Å². The summed E-state index contributed by atoms with van der Waals surface area (Å²) in [6.07, 6.45) is 6.07. The van der Waals surface area contributed by atoms with E-state index in [-0.39, 0.29) is 11.7 Å². The molecule has 6 heterocycles.